The number of Topliss-reactive ketones (excluding diaryl/α,β-unsaturated/α-hetero) is 1. The van der Waals surface area contributed by atoms with Gasteiger partial charge in [0, 0.05) is 18.7 Å². The molecule has 0 N–H and O–H groups in total. The zero-order valence-electron chi connectivity index (χ0n) is 17.5. The van der Waals surface area contributed by atoms with Crippen LogP contribution in [-0.2, 0) is 9.59 Å². The van der Waals surface area contributed by atoms with Crippen molar-refractivity contribution in [2.75, 3.05) is 37.7 Å². The number of rotatable bonds is 8. The zero-order valence-corrected chi connectivity index (χ0v) is 17.5. The predicted molar refractivity (Wildman–Crippen MR) is 113 cm³/mol. The molecule has 0 radical (unpaired) electrons. The number of hydrogen-bond donors (Lipinski definition) is 0. The molecule has 0 fully saturated rings. The topological polar surface area (TPSA) is 76.2 Å². The number of nitrogens with zero attached hydrogens (tertiary/aromatic N) is 2. The van der Waals surface area contributed by atoms with Crippen molar-refractivity contribution in [1.29, 1.82) is 0 Å². The minimum absolute atomic E-state index is 0.0890. The monoisotopic (exact) mass is 410 g/mol. The van der Waals surface area contributed by atoms with E-state index in [0.717, 1.165) is 5.56 Å². The molecule has 7 nitrogen and oxygen atoms in total. The molecule has 2 amide bonds. The van der Waals surface area contributed by atoms with E-state index < -0.39 is 0 Å². The Morgan fingerprint density at radius 1 is 1.13 bits per heavy atom. The number of fused-ring (bicyclic) bond motifs is 1. The van der Waals surface area contributed by atoms with E-state index in [1.807, 2.05) is 39.0 Å². The molecule has 0 saturated heterocycles. The quantitative estimate of drug-likeness (QED) is 0.626. The summed E-state index contributed by atoms with van der Waals surface area (Å²) in [5.74, 6) is 0.390. The molecule has 1 aliphatic rings. The fraction of sp³-hybridized carbons (Fsp3) is 0.348. The summed E-state index contributed by atoms with van der Waals surface area (Å²) in [4.78, 5) is 40.7. The van der Waals surface area contributed by atoms with Crippen molar-refractivity contribution in [3.05, 3.63) is 53.6 Å². The van der Waals surface area contributed by atoms with E-state index in [0.29, 0.717) is 35.8 Å². The Bertz CT molecular complexity index is 952. The number of hydrogen-bond acceptors (Lipinski definition) is 5. The minimum Gasteiger partial charge on any atom is -0.485 e. The Hall–Kier alpha value is -3.35. The molecule has 2 aromatic rings. The highest BCUT2D eigenvalue weighted by Gasteiger charge is 2.29. The Kier molecular flexibility index (Phi) is 6.72. The minimum atomic E-state index is -0.316. The summed E-state index contributed by atoms with van der Waals surface area (Å²) >= 11 is 0. The van der Waals surface area contributed by atoms with E-state index in [1.165, 1.54) is 4.90 Å². The molecule has 0 aliphatic carbocycles. The average molecular weight is 410 g/mol. The molecule has 0 saturated carbocycles. The maximum atomic E-state index is 12.7. The maximum absolute atomic E-state index is 12.7. The van der Waals surface area contributed by atoms with Gasteiger partial charge in [0.1, 0.15) is 18.0 Å². The van der Waals surface area contributed by atoms with Crippen molar-refractivity contribution >= 4 is 23.3 Å². The molecule has 3 rings (SSSR count). The molecule has 0 spiro atoms. The lowest BCUT2D eigenvalue weighted by atomic mass is 10.1. The first-order valence-electron chi connectivity index (χ1n) is 10.0. The number of carbonyl (C=O) groups excluding carboxylic acids is 3. The van der Waals surface area contributed by atoms with Gasteiger partial charge < -0.3 is 14.4 Å². The Morgan fingerprint density at radius 2 is 1.90 bits per heavy atom. The van der Waals surface area contributed by atoms with Crippen LogP contribution in [0.1, 0.15) is 29.8 Å². The third-order valence-corrected chi connectivity index (χ3v) is 4.99. The van der Waals surface area contributed by atoms with E-state index in [-0.39, 0.29) is 37.4 Å². The summed E-state index contributed by atoms with van der Waals surface area (Å²) in [5, 5.41) is 0. The number of amides is 2. The maximum Gasteiger partial charge on any atom is 0.265 e. The first-order chi connectivity index (χ1) is 14.4. The molecular weight excluding hydrogens is 384 g/mol. The SMILES string of the molecule is CCN(CC)C(=O)CN1C(=O)COc2ccc(C(=O)COc3cccc(C)c3)cc21. The Morgan fingerprint density at radius 3 is 2.60 bits per heavy atom. The summed E-state index contributed by atoms with van der Waals surface area (Å²) in [6.45, 7) is 6.50. The van der Waals surface area contributed by atoms with Crippen molar-refractivity contribution in [2.45, 2.75) is 20.8 Å². The Labute approximate surface area is 176 Å². The summed E-state index contributed by atoms with van der Waals surface area (Å²) in [7, 11) is 0. The fourth-order valence-electron chi connectivity index (χ4n) is 3.30. The van der Waals surface area contributed by atoms with Gasteiger partial charge in [-0.3, -0.25) is 19.3 Å². The van der Waals surface area contributed by atoms with Crippen molar-refractivity contribution in [1.82, 2.24) is 4.90 Å². The van der Waals surface area contributed by atoms with E-state index in [2.05, 4.69) is 0 Å². The van der Waals surface area contributed by atoms with Gasteiger partial charge in [-0.15, -0.1) is 0 Å². The molecule has 1 heterocycles. The second kappa shape index (κ2) is 9.43. The van der Waals surface area contributed by atoms with Gasteiger partial charge in [0.2, 0.25) is 5.91 Å². The number of likely N-dealkylation sites (N-methyl/N-ethyl adjacent to an activating group) is 1. The van der Waals surface area contributed by atoms with Crippen molar-refractivity contribution in [3.63, 3.8) is 0 Å². The number of ether oxygens (including phenoxy) is 2. The van der Waals surface area contributed by atoms with Crippen LogP contribution in [0, 0.1) is 6.92 Å². The first-order valence-corrected chi connectivity index (χ1v) is 10.0. The first kappa shape index (κ1) is 21.4. The smallest absolute Gasteiger partial charge is 0.265 e. The predicted octanol–water partition coefficient (Wildman–Crippen LogP) is 2.85. The molecule has 0 aromatic heterocycles. The lowest BCUT2D eigenvalue weighted by molar-refractivity contribution is -0.131. The van der Waals surface area contributed by atoms with Crippen molar-refractivity contribution in [2.24, 2.45) is 0 Å². The number of ketones is 1. The molecule has 0 atom stereocenters. The highest BCUT2D eigenvalue weighted by molar-refractivity contribution is 6.04. The van der Waals surface area contributed by atoms with Gasteiger partial charge >= 0.3 is 0 Å². The third kappa shape index (κ3) is 4.79. The highest BCUT2D eigenvalue weighted by atomic mass is 16.5. The standard InChI is InChI=1S/C23H26N2O5/c1-4-24(5-2)22(27)13-25-19-12-17(9-10-21(19)30-15-23(25)28)20(26)14-29-18-8-6-7-16(3)11-18/h6-12H,4-5,13-15H2,1-3H3. The van der Waals surface area contributed by atoms with Gasteiger partial charge in [0.25, 0.3) is 5.91 Å². The second-order valence-electron chi connectivity index (χ2n) is 7.05. The van der Waals surface area contributed by atoms with E-state index in [4.69, 9.17) is 9.47 Å². The van der Waals surface area contributed by atoms with Crippen LogP contribution in [0.5, 0.6) is 11.5 Å². The van der Waals surface area contributed by atoms with Crippen LogP contribution in [-0.4, -0.2) is 55.3 Å². The number of carbonyl (C=O) groups is 3. The molecule has 2 aromatic carbocycles. The Balaban J connectivity index is 1.78. The summed E-state index contributed by atoms with van der Waals surface area (Å²) < 4.78 is 11.1. The van der Waals surface area contributed by atoms with Crippen LogP contribution >= 0.6 is 0 Å². The van der Waals surface area contributed by atoms with Gasteiger partial charge in [-0.05, 0) is 56.7 Å². The molecule has 158 valence electrons. The van der Waals surface area contributed by atoms with Crippen molar-refractivity contribution in [3.8, 4) is 11.5 Å². The van der Waals surface area contributed by atoms with Gasteiger partial charge in [0.15, 0.2) is 19.0 Å². The van der Waals surface area contributed by atoms with E-state index in [1.54, 1.807) is 29.2 Å². The highest BCUT2D eigenvalue weighted by Crippen LogP contribution is 2.33. The largest absolute Gasteiger partial charge is 0.485 e. The zero-order chi connectivity index (χ0) is 21.7. The summed E-state index contributed by atoms with van der Waals surface area (Å²) in [6.07, 6.45) is 0. The normalized spacial score (nSPS) is 12.8. The van der Waals surface area contributed by atoms with Gasteiger partial charge in [-0.1, -0.05) is 12.1 Å². The molecular formula is C23H26N2O5. The van der Waals surface area contributed by atoms with Gasteiger partial charge in [0.05, 0.1) is 5.69 Å². The lowest BCUT2D eigenvalue weighted by Gasteiger charge is -2.31. The van der Waals surface area contributed by atoms with Crippen LogP contribution in [0.25, 0.3) is 0 Å². The fourth-order valence-corrected chi connectivity index (χ4v) is 3.30. The summed E-state index contributed by atoms with van der Waals surface area (Å²) in [5.41, 5.74) is 1.85. The van der Waals surface area contributed by atoms with Crippen LogP contribution in [0.3, 0.4) is 0 Å². The van der Waals surface area contributed by atoms with E-state index in [9.17, 15) is 14.4 Å². The van der Waals surface area contributed by atoms with Crippen LogP contribution in [0.15, 0.2) is 42.5 Å². The van der Waals surface area contributed by atoms with Crippen LogP contribution in [0.4, 0.5) is 5.69 Å². The van der Waals surface area contributed by atoms with Crippen molar-refractivity contribution < 1.29 is 23.9 Å². The lowest BCUT2D eigenvalue weighted by Crippen LogP contribution is -2.46. The molecule has 7 heteroatoms. The average Bonchev–Trinajstić information content (AvgIpc) is 2.74. The van der Waals surface area contributed by atoms with Crippen LogP contribution < -0.4 is 14.4 Å². The molecule has 1 aliphatic heterocycles. The number of benzene rings is 2. The molecule has 0 bridgehead atoms. The summed E-state index contributed by atoms with van der Waals surface area (Å²) in [6, 6.07) is 12.3. The molecule has 0 unspecified atom stereocenters. The van der Waals surface area contributed by atoms with Gasteiger partial charge in [-0.25, -0.2) is 0 Å². The van der Waals surface area contributed by atoms with Crippen LogP contribution in [0.2, 0.25) is 0 Å². The second-order valence-corrected chi connectivity index (χ2v) is 7.05. The third-order valence-electron chi connectivity index (χ3n) is 4.99. The molecule has 30 heavy (non-hydrogen) atoms. The van der Waals surface area contributed by atoms with Gasteiger partial charge in [-0.2, -0.15) is 0 Å². The number of anilines is 1. The number of aryl methyl sites for hydroxylation is 1. The van der Waals surface area contributed by atoms with E-state index >= 15 is 0 Å².